The molecule has 0 spiro atoms. The second-order valence-electron chi connectivity index (χ2n) is 17.0. The van der Waals surface area contributed by atoms with E-state index in [1.54, 1.807) is 12.1 Å². The van der Waals surface area contributed by atoms with Gasteiger partial charge >= 0.3 is 0 Å². The minimum atomic E-state index is -0.652. The van der Waals surface area contributed by atoms with Crippen molar-refractivity contribution in [3.63, 3.8) is 0 Å². The SMILES string of the molecule is Cc1cc(-c2[nH]nc3ncc(-c4ccc(N5CCN(CCCOc6ccc(NC7CCC(=O)NC7=O)c(F)c6)CC5)cc4)cc23)ccc1[C@@H](C)NC(=O)c1noc(C(C)(C)C)n1. The number of rotatable bonds is 13. The Labute approximate surface area is 358 Å². The number of pyridine rings is 1. The first-order chi connectivity index (χ1) is 29.8. The van der Waals surface area contributed by atoms with Gasteiger partial charge in [-0.3, -0.25) is 29.7 Å². The van der Waals surface area contributed by atoms with Crippen LogP contribution in [-0.2, 0) is 15.0 Å². The number of halogens is 1. The lowest BCUT2D eigenvalue weighted by atomic mass is 9.97. The molecule has 5 heterocycles. The smallest absolute Gasteiger partial charge is 0.293 e. The lowest BCUT2D eigenvalue weighted by Gasteiger charge is -2.36. The third kappa shape index (κ3) is 9.44. The van der Waals surface area contributed by atoms with E-state index in [1.165, 1.54) is 11.8 Å². The summed E-state index contributed by atoms with van der Waals surface area (Å²) in [5.74, 6) is -0.812. The minimum Gasteiger partial charge on any atom is -0.493 e. The molecule has 0 aliphatic carbocycles. The Bertz CT molecular complexity index is 2590. The molecule has 4 N–H and O–H groups in total. The van der Waals surface area contributed by atoms with Crippen LogP contribution >= 0.6 is 0 Å². The highest BCUT2D eigenvalue weighted by molar-refractivity contribution is 6.01. The van der Waals surface area contributed by atoms with Crippen molar-refractivity contribution in [2.24, 2.45) is 0 Å². The third-order valence-electron chi connectivity index (χ3n) is 11.4. The van der Waals surface area contributed by atoms with Gasteiger partial charge in [0.05, 0.1) is 24.0 Å². The summed E-state index contributed by atoms with van der Waals surface area (Å²) in [6.07, 6.45) is 3.19. The van der Waals surface area contributed by atoms with E-state index in [-0.39, 0.29) is 35.3 Å². The Morgan fingerprint density at radius 3 is 2.48 bits per heavy atom. The molecule has 2 fully saturated rings. The molecule has 15 nitrogen and oxygen atoms in total. The number of benzene rings is 3. The predicted molar refractivity (Wildman–Crippen MR) is 233 cm³/mol. The fraction of sp³-hybridized carbons (Fsp3) is 0.370. The molecule has 0 saturated carbocycles. The summed E-state index contributed by atoms with van der Waals surface area (Å²) < 4.78 is 25.9. The van der Waals surface area contributed by atoms with Gasteiger partial charge in [0, 0.05) is 79.0 Å². The number of anilines is 2. The molecule has 2 aliphatic heterocycles. The molecule has 3 aromatic carbocycles. The standard InChI is InChI=1S/C46H51FN10O5/c1-27-23-30(9-13-34(27)28(2)49-44(60)42-52-45(62-55-42)46(3,4)5)40-35-24-31(26-48-41(35)54-53-40)29-7-10-32(11-8-29)57-20-18-56(19-21-57)17-6-22-61-33-12-14-37(36(47)25-33)50-38-15-16-39(58)51-43(38)59/h7-14,23-26,28,38,50H,6,15-22H2,1-5H3,(H,49,60)(H,48,53,54)(H,51,58,59)/t28-,38?/m1/s1. The first-order valence-corrected chi connectivity index (χ1v) is 21.0. The number of hydrogen-bond acceptors (Lipinski definition) is 12. The van der Waals surface area contributed by atoms with Gasteiger partial charge in [0.25, 0.3) is 11.7 Å². The molecular weight excluding hydrogens is 792 g/mol. The number of ether oxygens (including phenoxy) is 1. The van der Waals surface area contributed by atoms with E-state index in [4.69, 9.17) is 9.26 Å². The van der Waals surface area contributed by atoms with Crippen LogP contribution in [0.4, 0.5) is 15.8 Å². The van der Waals surface area contributed by atoms with Crippen LogP contribution in [0.3, 0.4) is 0 Å². The summed E-state index contributed by atoms with van der Waals surface area (Å²) in [7, 11) is 0. The topological polar surface area (TPSA) is 183 Å². The average molecular weight is 843 g/mol. The number of aromatic amines is 1. The number of fused-ring (bicyclic) bond motifs is 1. The molecule has 8 rings (SSSR count). The Morgan fingerprint density at radius 1 is 1.00 bits per heavy atom. The third-order valence-corrected chi connectivity index (χ3v) is 11.4. The van der Waals surface area contributed by atoms with E-state index in [0.29, 0.717) is 30.3 Å². The summed E-state index contributed by atoms with van der Waals surface area (Å²) in [6, 6.07) is 20.5. The first kappa shape index (κ1) is 42.0. The summed E-state index contributed by atoms with van der Waals surface area (Å²) in [5, 5.41) is 20.6. The summed E-state index contributed by atoms with van der Waals surface area (Å²) >= 11 is 0. The molecule has 1 unspecified atom stereocenters. The van der Waals surface area contributed by atoms with Crippen molar-refractivity contribution < 1.29 is 28.0 Å². The van der Waals surface area contributed by atoms with Crippen molar-refractivity contribution in [2.75, 3.05) is 49.5 Å². The van der Waals surface area contributed by atoms with Crippen LogP contribution in [0.5, 0.6) is 5.75 Å². The number of aromatic nitrogens is 5. The van der Waals surface area contributed by atoms with Crippen molar-refractivity contribution in [1.82, 2.24) is 40.9 Å². The number of piperidine rings is 1. The number of piperazine rings is 1. The van der Waals surface area contributed by atoms with E-state index in [1.807, 2.05) is 52.9 Å². The predicted octanol–water partition coefficient (Wildman–Crippen LogP) is 6.72. The van der Waals surface area contributed by atoms with Gasteiger partial charge in [-0.2, -0.15) is 10.1 Å². The number of hydrogen-bond donors (Lipinski definition) is 4. The van der Waals surface area contributed by atoms with Crippen LogP contribution in [0.1, 0.15) is 80.6 Å². The molecule has 322 valence electrons. The Balaban J connectivity index is 0.818. The highest BCUT2D eigenvalue weighted by Crippen LogP contribution is 2.32. The molecule has 3 amide bonds. The molecular formula is C46H51FN10O5. The van der Waals surface area contributed by atoms with Crippen LogP contribution in [-0.4, -0.2) is 93.3 Å². The Morgan fingerprint density at radius 2 is 1.77 bits per heavy atom. The van der Waals surface area contributed by atoms with Crippen LogP contribution in [0.15, 0.2) is 77.4 Å². The maximum absolute atomic E-state index is 14.8. The van der Waals surface area contributed by atoms with E-state index < -0.39 is 23.7 Å². The number of amides is 3. The van der Waals surface area contributed by atoms with Gasteiger partial charge in [0.2, 0.25) is 17.7 Å². The largest absolute Gasteiger partial charge is 0.493 e. The zero-order chi connectivity index (χ0) is 43.5. The maximum atomic E-state index is 14.8. The number of H-pyrrole nitrogens is 1. The molecule has 3 aromatic heterocycles. The second kappa shape index (κ2) is 17.7. The van der Waals surface area contributed by atoms with Gasteiger partial charge in [0.1, 0.15) is 17.6 Å². The molecule has 62 heavy (non-hydrogen) atoms. The van der Waals surface area contributed by atoms with E-state index in [9.17, 15) is 18.8 Å². The molecule has 6 aromatic rings. The Hall–Kier alpha value is -6.68. The van der Waals surface area contributed by atoms with Gasteiger partial charge in [-0.25, -0.2) is 9.37 Å². The zero-order valence-corrected chi connectivity index (χ0v) is 35.5. The van der Waals surface area contributed by atoms with Gasteiger partial charge < -0.3 is 24.8 Å². The van der Waals surface area contributed by atoms with Crippen LogP contribution in [0.2, 0.25) is 0 Å². The fourth-order valence-corrected chi connectivity index (χ4v) is 7.85. The molecule has 2 aliphatic rings. The molecule has 16 heteroatoms. The van der Waals surface area contributed by atoms with Gasteiger partial charge in [-0.05, 0) is 79.8 Å². The number of imide groups is 1. The number of aryl methyl sites for hydroxylation is 1. The van der Waals surface area contributed by atoms with Crippen LogP contribution in [0, 0.1) is 12.7 Å². The highest BCUT2D eigenvalue weighted by Gasteiger charge is 2.28. The quantitative estimate of drug-likeness (QED) is 0.0713. The van der Waals surface area contributed by atoms with Crippen LogP contribution < -0.4 is 25.6 Å². The average Bonchev–Trinajstić information content (AvgIpc) is 3.93. The maximum Gasteiger partial charge on any atom is 0.293 e. The van der Waals surface area contributed by atoms with Gasteiger partial charge in [0.15, 0.2) is 5.65 Å². The van der Waals surface area contributed by atoms with E-state index >= 15 is 0 Å². The van der Waals surface area contributed by atoms with Crippen molar-refractivity contribution in [3.05, 3.63) is 102 Å². The van der Waals surface area contributed by atoms with Crippen molar-refractivity contribution >= 4 is 40.1 Å². The molecule has 2 atom stereocenters. The van der Waals surface area contributed by atoms with Gasteiger partial charge in [-0.1, -0.05) is 50.2 Å². The molecule has 0 radical (unpaired) electrons. The fourth-order valence-electron chi connectivity index (χ4n) is 7.85. The number of carbonyl (C=O) groups excluding carboxylic acids is 3. The van der Waals surface area contributed by atoms with Crippen molar-refractivity contribution in [3.8, 4) is 28.1 Å². The van der Waals surface area contributed by atoms with Gasteiger partial charge in [-0.15, -0.1) is 0 Å². The zero-order valence-electron chi connectivity index (χ0n) is 35.5. The summed E-state index contributed by atoms with van der Waals surface area (Å²) in [6.45, 7) is 14.8. The first-order valence-electron chi connectivity index (χ1n) is 21.0. The van der Waals surface area contributed by atoms with Crippen molar-refractivity contribution in [2.45, 2.75) is 71.4 Å². The monoisotopic (exact) mass is 842 g/mol. The normalized spacial score (nSPS) is 16.6. The summed E-state index contributed by atoms with van der Waals surface area (Å²) in [5.41, 5.74) is 7.50. The number of nitrogens with zero attached hydrogens (tertiary/aromatic N) is 6. The van der Waals surface area contributed by atoms with Crippen molar-refractivity contribution in [1.29, 1.82) is 0 Å². The molecule has 0 bridgehead atoms. The second-order valence-corrected chi connectivity index (χ2v) is 17.0. The Kier molecular flexibility index (Phi) is 12.0. The number of nitrogens with one attached hydrogen (secondary N) is 4. The molecule has 2 saturated heterocycles. The minimum absolute atomic E-state index is 0.0127. The summed E-state index contributed by atoms with van der Waals surface area (Å²) in [4.78, 5) is 50.1. The number of carbonyl (C=O) groups is 3. The lowest BCUT2D eigenvalue weighted by molar-refractivity contribution is -0.133. The highest BCUT2D eigenvalue weighted by atomic mass is 19.1. The van der Waals surface area contributed by atoms with Crippen LogP contribution in [0.25, 0.3) is 33.4 Å². The van der Waals surface area contributed by atoms with E-state index in [0.717, 1.165) is 78.0 Å². The van der Waals surface area contributed by atoms with E-state index in [2.05, 4.69) is 87.5 Å². The lowest BCUT2D eigenvalue weighted by Crippen LogP contribution is -2.47.